The molecule has 1 unspecified atom stereocenters. The Hall–Kier alpha value is -1.05. The average Bonchev–Trinajstić information content (AvgIpc) is 2.22. The van der Waals surface area contributed by atoms with Crippen LogP contribution in [-0.2, 0) is 4.79 Å². The van der Waals surface area contributed by atoms with Gasteiger partial charge in [-0.1, -0.05) is 6.92 Å². The summed E-state index contributed by atoms with van der Waals surface area (Å²) in [5.74, 6) is -1.36. The first kappa shape index (κ1) is 14.0. The fourth-order valence-electron chi connectivity index (χ4n) is 1.72. The van der Waals surface area contributed by atoms with E-state index >= 15 is 0 Å². The summed E-state index contributed by atoms with van der Waals surface area (Å²) in [5, 5.41) is 10.9. The Labute approximate surface area is 111 Å². The quantitative estimate of drug-likeness (QED) is 0.474. The molecule has 0 amide bonds. The minimum atomic E-state index is -0.623. The lowest BCUT2D eigenvalue weighted by molar-refractivity contribution is -0.385. The van der Waals surface area contributed by atoms with E-state index in [9.17, 15) is 19.3 Å². The third-order valence-corrected chi connectivity index (χ3v) is 3.37. The monoisotopic (exact) mass is 351 g/mol. The normalized spacial score (nSPS) is 12.2. The number of carbonyl (C=O) groups is 1. The molecule has 92 valence electrons. The first-order valence-electron chi connectivity index (χ1n) is 5.02. The van der Waals surface area contributed by atoms with Crippen LogP contribution in [0.1, 0.15) is 31.7 Å². The summed E-state index contributed by atoms with van der Waals surface area (Å²) in [6.45, 7) is 3.10. The maximum Gasteiger partial charge on any atom is 0.274 e. The molecule has 17 heavy (non-hydrogen) atoms. The first-order chi connectivity index (χ1) is 7.88. The van der Waals surface area contributed by atoms with Crippen molar-refractivity contribution in [3.8, 4) is 0 Å². The van der Waals surface area contributed by atoms with Crippen molar-refractivity contribution in [1.82, 2.24) is 0 Å². The maximum atomic E-state index is 13.4. The van der Waals surface area contributed by atoms with Gasteiger partial charge in [0.15, 0.2) is 0 Å². The van der Waals surface area contributed by atoms with E-state index < -0.39 is 16.7 Å². The van der Waals surface area contributed by atoms with Crippen molar-refractivity contribution in [2.24, 2.45) is 0 Å². The van der Waals surface area contributed by atoms with E-state index in [1.165, 1.54) is 6.92 Å². The van der Waals surface area contributed by atoms with Gasteiger partial charge in [-0.05, 0) is 42.0 Å². The van der Waals surface area contributed by atoms with Crippen molar-refractivity contribution in [2.75, 3.05) is 0 Å². The second kappa shape index (κ2) is 5.52. The molecule has 0 saturated heterocycles. The molecule has 1 atom stereocenters. The molecule has 0 spiro atoms. The van der Waals surface area contributed by atoms with E-state index in [1.807, 2.05) is 0 Å². The zero-order chi connectivity index (χ0) is 13.2. The van der Waals surface area contributed by atoms with Gasteiger partial charge in [0.1, 0.15) is 11.6 Å². The Kier molecular flexibility index (Phi) is 4.55. The smallest absolute Gasteiger partial charge is 0.274 e. The summed E-state index contributed by atoms with van der Waals surface area (Å²) < 4.78 is 13.6. The number of nitro benzene ring substituents is 1. The van der Waals surface area contributed by atoms with Gasteiger partial charge in [0.2, 0.25) is 0 Å². The predicted octanol–water partition coefficient (Wildman–Crippen LogP) is 3.42. The number of ketones is 1. The maximum absolute atomic E-state index is 13.4. The number of carbonyl (C=O) groups excluding carboxylic acids is 1. The van der Waals surface area contributed by atoms with E-state index in [4.69, 9.17) is 0 Å². The highest BCUT2D eigenvalue weighted by Crippen LogP contribution is 2.32. The molecule has 0 aliphatic carbocycles. The molecular formula is C11H11FINO3. The van der Waals surface area contributed by atoms with E-state index in [2.05, 4.69) is 0 Å². The van der Waals surface area contributed by atoms with Crippen LogP contribution in [0.15, 0.2) is 12.1 Å². The van der Waals surface area contributed by atoms with Crippen molar-refractivity contribution in [2.45, 2.75) is 26.2 Å². The minimum absolute atomic E-state index is 0.155. The van der Waals surface area contributed by atoms with Crippen LogP contribution >= 0.6 is 22.6 Å². The van der Waals surface area contributed by atoms with Crippen molar-refractivity contribution < 1.29 is 14.1 Å². The first-order valence-corrected chi connectivity index (χ1v) is 6.10. The number of nitrogens with zero attached hydrogens (tertiary/aromatic N) is 1. The second-order valence-corrected chi connectivity index (χ2v) is 4.82. The zero-order valence-electron chi connectivity index (χ0n) is 9.37. The van der Waals surface area contributed by atoms with Crippen LogP contribution in [0.4, 0.5) is 10.1 Å². The highest BCUT2D eigenvalue weighted by molar-refractivity contribution is 14.1. The van der Waals surface area contributed by atoms with Crippen molar-refractivity contribution >= 4 is 34.1 Å². The number of hydrogen-bond donors (Lipinski definition) is 0. The predicted molar refractivity (Wildman–Crippen MR) is 69.5 cm³/mol. The van der Waals surface area contributed by atoms with Gasteiger partial charge in [-0.3, -0.25) is 14.9 Å². The molecule has 0 fully saturated rings. The zero-order valence-corrected chi connectivity index (χ0v) is 11.5. The summed E-state index contributed by atoms with van der Waals surface area (Å²) in [5.41, 5.74) is -0.0410. The average molecular weight is 351 g/mol. The molecule has 0 N–H and O–H groups in total. The van der Waals surface area contributed by atoms with Crippen LogP contribution < -0.4 is 0 Å². The summed E-state index contributed by atoms with van der Waals surface area (Å²) >= 11 is 1.69. The number of nitro groups is 1. The van der Waals surface area contributed by atoms with Crippen LogP contribution in [0, 0.1) is 19.5 Å². The molecule has 0 bridgehead atoms. The van der Waals surface area contributed by atoms with Crippen LogP contribution in [0.2, 0.25) is 0 Å². The van der Waals surface area contributed by atoms with Crippen LogP contribution in [0.25, 0.3) is 0 Å². The Bertz CT molecular complexity index is 476. The molecule has 0 aromatic heterocycles. The van der Waals surface area contributed by atoms with Gasteiger partial charge in [0.05, 0.1) is 8.49 Å². The van der Waals surface area contributed by atoms with Gasteiger partial charge in [-0.15, -0.1) is 0 Å². The lowest BCUT2D eigenvalue weighted by Gasteiger charge is -2.12. The van der Waals surface area contributed by atoms with Gasteiger partial charge >= 0.3 is 0 Å². The number of hydrogen-bond acceptors (Lipinski definition) is 3. The summed E-state index contributed by atoms with van der Waals surface area (Å²) in [6.07, 6.45) is 0.413. The third kappa shape index (κ3) is 2.99. The van der Waals surface area contributed by atoms with Crippen molar-refractivity contribution in [3.63, 3.8) is 0 Å². The van der Waals surface area contributed by atoms with Crippen molar-refractivity contribution in [3.05, 3.63) is 37.2 Å². The number of Topliss-reactive ketones (excluding diaryl/α,β-unsaturated/α-hetero) is 1. The highest BCUT2D eigenvalue weighted by atomic mass is 127. The van der Waals surface area contributed by atoms with E-state index in [0.717, 1.165) is 12.1 Å². The second-order valence-electron chi connectivity index (χ2n) is 3.65. The molecule has 0 heterocycles. The molecule has 1 aromatic carbocycles. The Morgan fingerprint density at radius 1 is 1.59 bits per heavy atom. The van der Waals surface area contributed by atoms with Gasteiger partial charge in [0.25, 0.3) is 5.69 Å². The lowest BCUT2D eigenvalue weighted by Crippen LogP contribution is -2.11. The molecule has 6 heteroatoms. The standard InChI is InChI=1S/C11H11FINO3/c1-3-7(6(2)15)8-4-9(12)10(13)5-11(8)14(16)17/h4-5,7H,3H2,1-2H3. The molecule has 0 radical (unpaired) electrons. The van der Waals surface area contributed by atoms with Crippen molar-refractivity contribution in [1.29, 1.82) is 0 Å². The van der Waals surface area contributed by atoms with E-state index in [0.29, 0.717) is 6.42 Å². The number of halogens is 2. The van der Waals surface area contributed by atoms with Crippen LogP contribution in [-0.4, -0.2) is 10.7 Å². The summed E-state index contributed by atoms with van der Waals surface area (Å²) in [4.78, 5) is 21.7. The summed E-state index contributed by atoms with van der Waals surface area (Å²) in [6, 6.07) is 2.26. The number of benzene rings is 1. The fourth-order valence-corrected chi connectivity index (χ4v) is 2.17. The van der Waals surface area contributed by atoms with E-state index in [-0.39, 0.29) is 20.6 Å². The topological polar surface area (TPSA) is 60.2 Å². The fraction of sp³-hybridized carbons (Fsp3) is 0.364. The Morgan fingerprint density at radius 3 is 2.59 bits per heavy atom. The van der Waals surface area contributed by atoms with Gasteiger partial charge in [0, 0.05) is 17.5 Å². The Morgan fingerprint density at radius 2 is 2.18 bits per heavy atom. The lowest BCUT2D eigenvalue weighted by atomic mass is 9.91. The minimum Gasteiger partial charge on any atom is -0.299 e. The molecular weight excluding hydrogens is 340 g/mol. The molecule has 0 aliphatic rings. The van der Waals surface area contributed by atoms with E-state index in [1.54, 1.807) is 29.5 Å². The molecule has 4 nitrogen and oxygen atoms in total. The molecule has 1 rings (SSSR count). The van der Waals surface area contributed by atoms with Gasteiger partial charge in [-0.2, -0.15) is 0 Å². The summed E-state index contributed by atoms with van der Waals surface area (Å²) in [7, 11) is 0. The van der Waals surface area contributed by atoms with Gasteiger partial charge < -0.3 is 0 Å². The SMILES string of the molecule is CCC(C(C)=O)c1cc(F)c(I)cc1[N+](=O)[O-]. The molecule has 1 aromatic rings. The molecule has 0 aliphatic heterocycles. The van der Waals surface area contributed by atoms with Crippen LogP contribution in [0.5, 0.6) is 0 Å². The highest BCUT2D eigenvalue weighted by Gasteiger charge is 2.26. The molecule has 0 saturated carbocycles. The van der Waals surface area contributed by atoms with Gasteiger partial charge in [-0.25, -0.2) is 4.39 Å². The largest absolute Gasteiger partial charge is 0.299 e. The third-order valence-electron chi connectivity index (χ3n) is 2.54. The number of rotatable bonds is 4. The Balaban J connectivity index is 3.44. The van der Waals surface area contributed by atoms with Crippen LogP contribution in [0.3, 0.4) is 0 Å².